The standard InChI is InChI=1S/C13H20N2S/c1-2-13(16-7-1)10-15-6-5-11(9-15)8-14-12-3-4-12/h1-2,7,11-12,14H,3-6,8-10H2. The summed E-state index contributed by atoms with van der Waals surface area (Å²) in [6.07, 6.45) is 4.20. The third-order valence-electron chi connectivity index (χ3n) is 3.60. The Bertz CT molecular complexity index is 319. The number of rotatable bonds is 5. The molecule has 2 nitrogen and oxygen atoms in total. The Morgan fingerprint density at radius 2 is 2.31 bits per heavy atom. The third-order valence-corrected chi connectivity index (χ3v) is 4.46. The van der Waals surface area contributed by atoms with Crippen LogP contribution in [0.5, 0.6) is 0 Å². The van der Waals surface area contributed by atoms with Crippen molar-refractivity contribution in [2.45, 2.75) is 31.8 Å². The molecule has 1 aliphatic carbocycles. The molecule has 3 heteroatoms. The molecule has 1 aromatic heterocycles. The van der Waals surface area contributed by atoms with E-state index >= 15 is 0 Å². The second-order valence-corrected chi connectivity index (χ2v) is 6.18. The van der Waals surface area contributed by atoms with Gasteiger partial charge in [0.2, 0.25) is 0 Å². The summed E-state index contributed by atoms with van der Waals surface area (Å²) in [6, 6.07) is 5.27. The van der Waals surface area contributed by atoms with Gasteiger partial charge in [0.05, 0.1) is 0 Å². The van der Waals surface area contributed by atoms with Crippen molar-refractivity contribution in [2.24, 2.45) is 5.92 Å². The molecule has 1 aromatic rings. The predicted octanol–water partition coefficient (Wildman–Crippen LogP) is 2.32. The molecule has 3 rings (SSSR count). The Morgan fingerprint density at radius 1 is 1.38 bits per heavy atom. The first-order chi connectivity index (χ1) is 7.90. The van der Waals surface area contributed by atoms with Crippen LogP contribution in [-0.4, -0.2) is 30.6 Å². The van der Waals surface area contributed by atoms with Crippen LogP contribution in [0.15, 0.2) is 17.5 Å². The minimum Gasteiger partial charge on any atom is -0.314 e. The van der Waals surface area contributed by atoms with Gasteiger partial charge in [0.25, 0.3) is 0 Å². The molecule has 2 heterocycles. The third kappa shape index (κ3) is 2.84. The molecule has 1 atom stereocenters. The van der Waals surface area contributed by atoms with Gasteiger partial charge < -0.3 is 5.32 Å². The van der Waals surface area contributed by atoms with E-state index in [1.165, 1.54) is 43.8 Å². The van der Waals surface area contributed by atoms with Gasteiger partial charge in [-0.25, -0.2) is 0 Å². The van der Waals surface area contributed by atoms with E-state index in [0.717, 1.165) is 18.5 Å². The van der Waals surface area contributed by atoms with Crippen LogP contribution in [0.1, 0.15) is 24.1 Å². The van der Waals surface area contributed by atoms with Crippen molar-refractivity contribution in [3.63, 3.8) is 0 Å². The maximum Gasteiger partial charge on any atom is 0.0328 e. The number of likely N-dealkylation sites (tertiary alicyclic amines) is 1. The first kappa shape index (κ1) is 10.8. The number of nitrogens with one attached hydrogen (secondary N) is 1. The molecular formula is C13H20N2S. The van der Waals surface area contributed by atoms with Gasteiger partial charge in [0.15, 0.2) is 0 Å². The summed E-state index contributed by atoms with van der Waals surface area (Å²) in [7, 11) is 0. The van der Waals surface area contributed by atoms with E-state index in [2.05, 4.69) is 27.7 Å². The van der Waals surface area contributed by atoms with Gasteiger partial charge in [0.1, 0.15) is 0 Å². The van der Waals surface area contributed by atoms with Crippen LogP contribution in [0.3, 0.4) is 0 Å². The molecule has 1 saturated heterocycles. The fourth-order valence-corrected chi connectivity index (χ4v) is 3.21. The second kappa shape index (κ2) is 4.86. The normalized spacial score (nSPS) is 26.4. The van der Waals surface area contributed by atoms with Gasteiger partial charge in [-0.15, -0.1) is 11.3 Å². The second-order valence-electron chi connectivity index (χ2n) is 5.15. The topological polar surface area (TPSA) is 15.3 Å². The Labute approximate surface area is 102 Å². The Morgan fingerprint density at radius 3 is 3.06 bits per heavy atom. The summed E-state index contributed by atoms with van der Waals surface area (Å²) in [5.41, 5.74) is 0. The zero-order valence-corrected chi connectivity index (χ0v) is 10.5. The molecule has 0 bridgehead atoms. The van der Waals surface area contributed by atoms with Gasteiger partial charge >= 0.3 is 0 Å². The fourth-order valence-electron chi connectivity index (χ4n) is 2.47. The maximum atomic E-state index is 3.65. The zero-order valence-electron chi connectivity index (χ0n) is 9.69. The summed E-state index contributed by atoms with van der Waals surface area (Å²) in [6.45, 7) is 4.98. The minimum atomic E-state index is 0.867. The molecule has 0 aromatic carbocycles. The molecule has 88 valence electrons. The number of hydrogen-bond acceptors (Lipinski definition) is 3. The van der Waals surface area contributed by atoms with Gasteiger partial charge in [-0.2, -0.15) is 0 Å². The maximum absolute atomic E-state index is 3.65. The highest BCUT2D eigenvalue weighted by Crippen LogP contribution is 2.23. The van der Waals surface area contributed by atoms with Crippen molar-refractivity contribution in [2.75, 3.05) is 19.6 Å². The molecule has 2 aliphatic rings. The summed E-state index contributed by atoms with van der Waals surface area (Å²) in [5, 5.41) is 5.83. The predicted molar refractivity (Wildman–Crippen MR) is 68.7 cm³/mol. The molecule has 2 fully saturated rings. The first-order valence-electron chi connectivity index (χ1n) is 6.38. The largest absolute Gasteiger partial charge is 0.314 e. The van der Waals surface area contributed by atoms with Crippen LogP contribution in [0.25, 0.3) is 0 Å². The van der Waals surface area contributed by atoms with Crippen LogP contribution in [0.2, 0.25) is 0 Å². The molecule has 0 amide bonds. The number of hydrogen-bond donors (Lipinski definition) is 1. The SMILES string of the molecule is c1csc(CN2CCC(CNC3CC3)C2)c1. The fraction of sp³-hybridized carbons (Fsp3) is 0.692. The van der Waals surface area contributed by atoms with Crippen molar-refractivity contribution in [1.82, 2.24) is 10.2 Å². The van der Waals surface area contributed by atoms with E-state index < -0.39 is 0 Å². The molecule has 1 aliphatic heterocycles. The Hall–Kier alpha value is -0.380. The average Bonchev–Trinajstić information content (AvgIpc) is 2.78. The van der Waals surface area contributed by atoms with Crippen LogP contribution in [0.4, 0.5) is 0 Å². The van der Waals surface area contributed by atoms with E-state index in [1.54, 1.807) is 0 Å². The average molecular weight is 236 g/mol. The molecular weight excluding hydrogens is 216 g/mol. The van der Waals surface area contributed by atoms with Crippen molar-refractivity contribution < 1.29 is 0 Å². The van der Waals surface area contributed by atoms with E-state index in [9.17, 15) is 0 Å². The van der Waals surface area contributed by atoms with Crippen molar-refractivity contribution >= 4 is 11.3 Å². The van der Waals surface area contributed by atoms with Crippen molar-refractivity contribution in [1.29, 1.82) is 0 Å². The van der Waals surface area contributed by atoms with Gasteiger partial charge in [-0.05, 0) is 49.7 Å². The minimum absolute atomic E-state index is 0.867. The van der Waals surface area contributed by atoms with Crippen LogP contribution >= 0.6 is 11.3 Å². The van der Waals surface area contributed by atoms with Gasteiger partial charge in [-0.3, -0.25) is 4.90 Å². The molecule has 0 spiro atoms. The monoisotopic (exact) mass is 236 g/mol. The van der Waals surface area contributed by atoms with E-state index in [1.807, 2.05) is 11.3 Å². The van der Waals surface area contributed by atoms with E-state index in [4.69, 9.17) is 0 Å². The Balaban J connectivity index is 1.41. The van der Waals surface area contributed by atoms with Crippen LogP contribution < -0.4 is 5.32 Å². The van der Waals surface area contributed by atoms with E-state index in [-0.39, 0.29) is 0 Å². The zero-order chi connectivity index (χ0) is 10.8. The van der Waals surface area contributed by atoms with Gasteiger partial charge in [-0.1, -0.05) is 6.07 Å². The lowest BCUT2D eigenvalue weighted by Crippen LogP contribution is -2.27. The van der Waals surface area contributed by atoms with E-state index in [0.29, 0.717) is 0 Å². The van der Waals surface area contributed by atoms with Crippen LogP contribution in [0, 0.1) is 5.92 Å². The molecule has 0 radical (unpaired) electrons. The highest BCUT2D eigenvalue weighted by Gasteiger charge is 2.26. The molecule has 16 heavy (non-hydrogen) atoms. The summed E-state index contributed by atoms with van der Waals surface area (Å²) in [5.74, 6) is 0.889. The lowest BCUT2D eigenvalue weighted by molar-refractivity contribution is 0.317. The Kier molecular flexibility index (Phi) is 3.27. The molecule has 1 N–H and O–H groups in total. The summed E-state index contributed by atoms with van der Waals surface area (Å²) < 4.78 is 0. The highest BCUT2D eigenvalue weighted by molar-refractivity contribution is 7.09. The lowest BCUT2D eigenvalue weighted by atomic mass is 10.1. The lowest BCUT2D eigenvalue weighted by Gasteiger charge is -2.15. The smallest absolute Gasteiger partial charge is 0.0328 e. The highest BCUT2D eigenvalue weighted by atomic mass is 32.1. The first-order valence-corrected chi connectivity index (χ1v) is 7.26. The van der Waals surface area contributed by atoms with Crippen molar-refractivity contribution in [3.05, 3.63) is 22.4 Å². The summed E-state index contributed by atoms with van der Waals surface area (Å²) in [4.78, 5) is 4.11. The molecule has 1 saturated carbocycles. The quantitative estimate of drug-likeness (QED) is 0.844. The van der Waals surface area contributed by atoms with Crippen molar-refractivity contribution in [3.8, 4) is 0 Å². The molecule has 1 unspecified atom stereocenters. The van der Waals surface area contributed by atoms with Gasteiger partial charge in [0, 0.05) is 24.0 Å². The summed E-state index contributed by atoms with van der Waals surface area (Å²) >= 11 is 1.88. The number of thiophene rings is 1. The number of nitrogens with zero attached hydrogens (tertiary/aromatic N) is 1. The van der Waals surface area contributed by atoms with Crippen LogP contribution in [-0.2, 0) is 6.54 Å².